The van der Waals surface area contributed by atoms with E-state index in [1.165, 1.54) is 7.11 Å². The summed E-state index contributed by atoms with van der Waals surface area (Å²) in [7, 11) is 1.36. The Bertz CT molecular complexity index is 1060. The predicted octanol–water partition coefficient (Wildman–Crippen LogP) is 3.76. The van der Waals surface area contributed by atoms with Gasteiger partial charge in [-0.05, 0) is 67.0 Å². The van der Waals surface area contributed by atoms with Gasteiger partial charge in [0, 0.05) is 50.3 Å². The molecule has 33 heavy (non-hydrogen) atoms. The predicted molar refractivity (Wildman–Crippen MR) is 130 cm³/mol. The number of ether oxygens (including phenoxy) is 1. The lowest BCUT2D eigenvalue weighted by Gasteiger charge is -2.36. The van der Waals surface area contributed by atoms with E-state index in [2.05, 4.69) is 33.6 Å². The molecule has 0 aromatic heterocycles. The zero-order valence-corrected chi connectivity index (χ0v) is 19.2. The summed E-state index contributed by atoms with van der Waals surface area (Å²) < 4.78 is 4.61. The van der Waals surface area contributed by atoms with Crippen molar-refractivity contribution in [1.29, 1.82) is 0 Å². The van der Waals surface area contributed by atoms with Crippen molar-refractivity contribution in [3.05, 3.63) is 65.2 Å². The highest BCUT2D eigenvalue weighted by molar-refractivity contribution is 5.77. The van der Waals surface area contributed by atoms with Gasteiger partial charge < -0.3 is 19.6 Å². The Balaban J connectivity index is 1.47. The number of methoxy groups -OCH3 is 1. The van der Waals surface area contributed by atoms with Crippen molar-refractivity contribution in [2.24, 2.45) is 0 Å². The largest absolute Gasteiger partial charge is 0.508 e. The molecule has 172 valence electrons. The number of aromatic hydroxyl groups is 1. The number of aryl methyl sites for hydroxylation is 1. The average Bonchev–Trinajstić information content (AvgIpc) is 2.84. The highest BCUT2D eigenvalue weighted by atomic mass is 16.5. The number of piperazine rings is 1. The number of esters is 1. The summed E-state index contributed by atoms with van der Waals surface area (Å²) in [4.78, 5) is 27.6. The van der Waals surface area contributed by atoms with Crippen LogP contribution in [0, 0.1) is 18.8 Å². The number of carbonyl (C=O) groups excluding carboxylic acids is 2. The van der Waals surface area contributed by atoms with Gasteiger partial charge in [-0.15, -0.1) is 0 Å². The second-order valence-corrected chi connectivity index (χ2v) is 7.99. The third-order valence-electron chi connectivity index (χ3n) is 5.67. The van der Waals surface area contributed by atoms with Gasteiger partial charge in [0.2, 0.25) is 5.91 Å². The van der Waals surface area contributed by atoms with Gasteiger partial charge in [0.15, 0.2) is 0 Å². The molecule has 6 heteroatoms. The zero-order chi connectivity index (χ0) is 23.6. The molecule has 1 saturated heterocycles. The first-order valence-corrected chi connectivity index (χ1v) is 11.1. The second kappa shape index (κ2) is 11.8. The molecule has 3 rings (SSSR count). The highest BCUT2D eigenvalue weighted by Gasteiger charge is 2.21. The third kappa shape index (κ3) is 7.15. The van der Waals surface area contributed by atoms with Crippen LogP contribution in [-0.2, 0) is 14.3 Å². The molecule has 1 aliphatic rings. The van der Waals surface area contributed by atoms with E-state index in [4.69, 9.17) is 0 Å². The Morgan fingerprint density at radius 2 is 1.79 bits per heavy atom. The van der Waals surface area contributed by atoms with Crippen LogP contribution in [0.25, 0.3) is 6.08 Å². The molecule has 1 N–H and O–H groups in total. The summed E-state index contributed by atoms with van der Waals surface area (Å²) in [5, 5.41) is 9.76. The molecule has 1 heterocycles. The lowest BCUT2D eigenvalue weighted by atomic mass is 10.1. The van der Waals surface area contributed by atoms with Crippen molar-refractivity contribution >= 4 is 23.6 Å². The van der Waals surface area contributed by atoms with Crippen molar-refractivity contribution in [1.82, 2.24) is 4.90 Å². The first-order chi connectivity index (χ1) is 16.0. The van der Waals surface area contributed by atoms with Crippen LogP contribution < -0.4 is 4.90 Å². The van der Waals surface area contributed by atoms with Crippen LogP contribution in [0.15, 0.2) is 48.5 Å². The molecule has 0 bridgehead atoms. The monoisotopic (exact) mass is 446 g/mol. The maximum atomic E-state index is 12.3. The average molecular weight is 447 g/mol. The molecule has 0 aliphatic carbocycles. The summed E-state index contributed by atoms with van der Waals surface area (Å²) in [6.07, 6.45) is 4.83. The van der Waals surface area contributed by atoms with Gasteiger partial charge in [-0.2, -0.15) is 0 Å². The standard InChI is InChI=1S/C27H30N2O4/c1-21-10-11-23(20-25(21)30)7-4-3-6-22-12-14-24(15-13-22)28-16-18-29(19-17-28)26(31)8-5-9-27(32)33-2/h4,7,10-15,20,30H,5,8-9,16-19H2,1-2H3/b7-4+. The number of benzene rings is 2. The number of nitrogens with zero attached hydrogens (tertiary/aromatic N) is 2. The maximum absolute atomic E-state index is 12.3. The topological polar surface area (TPSA) is 70.1 Å². The number of allylic oxidation sites excluding steroid dienone is 1. The van der Waals surface area contributed by atoms with Crippen molar-refractivity contribution in [3.8, 4) is 17.6 Å². The van der Waals surface area contributed by atoms with Crippen LogP contribution >= 0.6 is 0 Å². The van der Waals surface area contributed by atoms with Gasteiger partial charge in [-0.1, -0.05) is 24.0 Å². The molecule has 0 atom stereocenters. The SMILES string of the molecule is COC(=O)CCCC(=O)N1CCN(c2ccc(C#C/C=C/c3ccc(C)c(O)c3)cc2)CC1. The molecule has 0 spiro atoms. The summed E-state index contributed by atoms with van der Waals surface area (Å²) in [6, 6.07) is 13.6. The lowest BCUT2D eigenvalue weighted by molar-refractivity contribution is -0.140. The number of carbonyl (C=O) groups is 2. The first kappa shape index (κ1) is 23.9. The minimum Gasteiger partial charge on any atom is -0.508 e. The molecule has 6 nitrogen and oxygen atoms in total. The van der Waals surface area contributed by atoms with Gasteiger partial charge in [0.1, 0.15) is 5.75 Å². The van der Waals surface area contributed by atoms with Gasteiger partial charge >= 0.3 is 5.97 Å². The minimum atomic E-state index is -0.275. The Morgan fingerprint density at radius 1 is 1.06 bits per heavy atom. The Hall–Kier alpha value is -3.72. The first-order valence-electron chi connectivity index (χ1n) is 11.1. The fourth-order valence-electron chi connectivity index (χ4n) is 3.61. The maximum Gasteiger partial charge on any atom is 0.305 e. The molecule has 2 aromatic rings. The van der Waals surface area contributed by atoms with Crippen LogP contribution in [0.2, 0.25) is 0 Å². The van der Waals surface area contributed by atoms with E-state index < -0.39 is 0 Å². The Kier molecular flexibility index (Phi) is 8.54. The summed E-state index contributed by atoms with van der Waals surface area (Å²) in [5.41, 5.74) is 3.80. The normalized spacial score (nSPS) is 13.5. The number of amides is 1. The van der Waals surface area contributed by atoms with E-state index in [-0.39, 0.29) is 24.0 Å². The van der Waals surface area contributed by atoms with Crippen LogP contribution in [0.3, 0.4) is 0 Å². The number of hydrogen-bond acceptors (Lipinski definition) is 5. The number of phenols is 1. The fraction of sp³-hybridized carbons (Fsp3) is 0.333. The van der Waals surface area contributed by atoms with Gasteiger partial charge in [-0.25, -0.2) is 0 Å². The summed E-state index contributed by atoms with van der Waals surface area (Å²) in [6.45, 7) is 4.78. The van der Waals surface area contributed by atoms with Crippen molar-refractivity contribution in [3.63, 3.8) is 0 Å². The molecule has 0 saturated carbocycles. The quantitative estimate of drug-likeness (QED) is 0.541. The second-order valence-electron chi connectivity index (χ2n) is 7.99. The third-order valence-corrected chi connectivity index (χ3v) is 5.67. The Labute approximate surface area is 195 Å². The van der Waals surface area contributed by atoms with E-state index in [9.17, 15) is 14.7 Å². The lowest BCUT2D eigenvalue weighted by Crippen LogP contribution is -2.48. The molecule has 2 aromatic carbocycles. The number of phenolic OH excluding ortho intramolecular Hbond substituents is 1. The van der Waals surface area contributed by atoms with Gasteiger partial charge in [0.25, 0.3) is 0 Å². The van der Waals surface area contributed by atoms with E-state index in [1.54, 1.807) is 12.1 Å². The number of hydrogen-bond donors (Lipinski definition) is 1. The Morgan fingerprint density at radius 3 is 2.45 bits per heavy atom. The molecule has 1 aliphatic heterocycles. The van der Waals surface area contributed by atoms with Crippen LogP contribution in [-0.4, -0.2) is 55.2 Å². The zero-order valence-electron chi connectivity index (χ0n) is 19.2. The number of rotatable bonds is 6. The van der Waals surface area contributed by atoms with Crippen LogP contribution in [0.5, 0.6) is 5.75 Å². The fourth-order valence-corrected chi connectivity index (χ4v) is 3.61. The number of anilines is 1. The molecule has 1 amide bonds. The minimum absolute atomic E-state index is 0.0954. The highest BCUT2D eigenvalue weighted by Crippen LogP contribution is 2.19. The van der Waals surface area contributed by atoms with Crippen LogP contribution in [0.4, 0.5) is 5.69 Å². The molecular formula is C27H30N2O4. The van der Waals surface area contributed by atoms with Crippen molar-refractivity contribution < 1.29 is 19.4 Å². The van der Waals surface area contributed by atoms with Gasteiger partial charge in [-0.3, -0.25) is 9.59 Å². The van der Waals surface area contributed by atoms with Crippen molar-refractivity contribution in [2.75, 3.05) is 38.2 Å². The summed E-state index contributed by atoms with van der Waals surface area (Å²) in [5.74, 6) is 6.25. The molecule has 0 unspecified atom stereocenters. The van der Waals surface area contributed by atoms with E-state index in [0.29, 0.717) is 25.9 Å². The molecule has 1 fully saturated rings. The summed E-state index contributed by atoms with van der Waals surface area (Å²) >= 11 is 0. The molecular weight excluding hydrogens is 416 g/mol. The molecule has 0 radical (unpaired) electrons. The van der Waals surface area contributed by atoms with E-state index in [0.717, 1.165) is 35.5 Å². The smallest absolute Gasteiger partial charge is 0.305 e. The van der Waals surface area contributed by atoms with E-state index >= 15 is 0 Å². The van der Waals surface area contributed by atoms with Crippen LogP contribution in [0.1, 0.15) is 36.0 Å². The van der Waals surface area contributed by atoms with E-state index in [1.807, 2.05) is 42.2 Å². The van der Waals surface area contributed by atoms with Crippen molar-refractivity contribution in [2.45, 2.75) is 26.2 Å². The van der Waals surface area contributed by atoms with Gasteiger partial charge in [0.05, 0.1) is 7.11 Å².